The Morgan fingerprint density at radius 1 is 1.19 bits per heavy atom. The molecule has 2 aromatic carbocycles. The number of hydrogen-bond acceptors (Lipinski definition) is 3. The molecule has 0 atom stereocenters. The lowest BCUT2D eigenvalue weighted by Gasteiger charge is -2.23. The van der Waals surface area contributed by atoms with E-state index in [1.54, 1.807) is 6.07 Å². The van der Waals surface area contributed by atoms with Crippen LogP contribution in [0.4, 0.5) is 10.1 Å². The molecule has 142 valence electrons. The molecule has 0 unspecified atom stereocenters. The number of nitrogens with one attached hydrogen (secondary N) is 1. The molecule has 0 radical (unpaired) electrons. The van der Waals surface area contributed by atoms with Gasteiger partial charge in [0.15, 0.2) is 0 Å². The third kappa shape index (κ3) is 4.10. The topological polar surface area (TPSA) is 75.6 Å². The molecule has 0 aliphatic heterocycles. The van der Waals surface area contributed by atoms with E-state index in [4.69, 9.17) is 4.74 Å². The van der Waals surface area contributed by atoms with Gasteiger partial charge in [0.05, 0.1) is 17.2 Å². The number of carbonyl (C=O) groups is 2. The Hall–Kier alpha value is -2.89. The molecule has 1 aliphatic carbocycles. The number of hydrogen-bond donors (Lipinski definition) is 2. The zero-order chi connectivity index (χ0) is 19.6. The largest absolute Gasteiger partial charge is 0.491 e. The SMILES string of the molecule is CC(C)Oc1ccc(NC(=O)CC2(C(=O)O)Cc3ccccc3C2)c(F)c1. The van der Waals surface area contributed by atoms with Crippen LogP contribution in [0.5, 0.6) is 5.75 Å². The van der Waals surface area contributed by atoms with Crippen molar-refractivity contribution in [3.8, 4) is 5.75 Å². The third-order valence-corrected chi connectivity index (χ3v) is 4.72. The number of carboxylic acid groups (broad SMARTS) is 1. The van der Waals surface area contributed by atoms with Crippen LogP contribution in [-0.2, 0) is 22.4 Å². The summed E-state index contributed by atoms with van der Waals surface area (Å²) in [5.41, 5.74) is 0.681. The number of aliphatic carboxylic acids is 1. The zero-order valence-electron chi connectivity index (χ0n) is 15.3. The Morgan fingerprint density at radius 2 is 1.81 bits per heavy atom. The molecule has 2 aromatic rings. The number of ether oxygens (including phenoxy) is 1. The van der Waals surface area contributed by atoms with E-state index < -0.39 is 23.1 Å². The van der Waals surface area contributed by atoms with E-state index in [1.165, 1.54) is 12.1 Å². The molecule has 1 amide bonds. The fraction of sp³-hybridized carbons (Fsp3) is 0.333. The maximum absolute atomic E-state index is 14.2. The normalized spacial score (nSPS) is 14.7. The monoisotopic (exact) mass is 371 g/mol. The quantitative estimate of drug-likeness (QED) is 0.810. The molecule has 1 aliphatic rings. The first kappa shape index (κ1) is 18.9. The molecule has 0 spiro atoms. The number of fused-ring (bicyclic) bond motifs is 1. The molecule has 27 heavy (non-hydrogen) atoms. The van der Waals surface area contributed by atoms with Crippen LogP contribution in [0.3, 0.4) is 0 Å². The standard InChI is InChI=1S/C21H22FNO4/c1-13(2)27-16-7-8-18(17(22)9-16)23-19(24)12-21(20(25)26)10-14-5-3-4-6-15(14)11-21/h3-9,13H,10-12H2,1-2H3,(H,23,24)(H,25,26). The van der Waals surface area contributed by atoms with Gasteiger partial charge < -0.3 is 15.2 Å². The molecule has 0 aromatic heterocycles. The van der Waals surface area contributed by atoms with E-state index in [0.717, 1.165) is 11.1 Å². The van der Waals surface area contributed by atoms with Gasteiger partial charge in [-0.05, 0) is 49.9 Å². The lowest BCUT2D eigenvalue weighted by atomic mass is 9.81. The van der Waals surface area contributed by atoms with Crippen LogP contribution >= 0.6 is 0 Å². The Kier molecular flexibility index (Phi) is 5.17. The minimum atomic E-state index is -1.20. The maximum Gasteiger partial charge on any atom is 0.310 e. The first-order valence-corrected chi connectivity index (χ1v) is 8.85. The van der Waals surface area contributed by atoms with Crippen LogP contribution in [-0.4, -0.2) is 23.1 Å². The van der Waals surface area contributed by atoms with Crippen molar-refractivity contribution in [1.82, 2.24) is 0 Å². The minimum absolute atomic E-state index is 0.00663. The fourth-order valence-electron chi connectivity index (χ4n) is 3.49. The van der Waals surface area contributed by atoms with E-state index in [1.807, 2.05) is 38.1 Å². The summed E-state index contributed by atoms with van der Waals surface area (Å²) < 4.78 is 19.6. The highest BCUT2D eigenvalue weighted by Gasteiger charge is 2.45. The predicted octanol–water partition coefficient (Wildman–Crippen LogP) is 3.81. The molecule has 0 bridgehead atoms. The Labute approximate surface area is 157 Å². The minimum Gasteiger partial charge on any atom is -0.491 e. The van der Waals surface area contributed by atoms with E-state index in [0.29, 0.717) is 5.75 Å². The number of halogens is 1. The number of anilines is 1. The van der Waals surface area contributed by atoms with E-state index >= 15 is 0 Å². The number of carboxylic acids is 1. The average Bonchev–Trinajstić information content (AvgIpc) is 2.96. The second-order valence-corrected chi connectivity index (χ2v) is 7.24. The van der Waals surface area contributed by atoms with Gasteiger partial charge in [-0.25, -0.2) is 4.39 Å². The molecule has 0 saturated carbocycles. The molecule has 6 heteroatoms. The van der Waals surface area contributed by atoms with Gasteiger partial charge >= 0.3 is 5.97 Å². The van der Waals surface area contributed by atoms with Crippen LogP contribution in [0.1, 0.15) is 31.4 Å². The van der Waals surface area contributed by atoms with Crippen molar-refractivity contribution in [2.45, 2.75) is 39.2 Å². The van der Waals surface area contributed by atoms with Gasteiger partial charge in [-0.15, -0.1) is 0 Å². The summed E-state index contributed by atoms with van der Waals surface area (Å²) in [5, 5.41) is 12.2. The Morgan fingerprint density at radius 3 is 2.33 bits per heavy atom. The van der Waals surface area contributed by atoms with E-state index in [2.05, 4.69) is 5.32 Å². The van der Waals surface area contributed by atoms with Gasteiger partial charge in [0, 0.05) is 12.5 Å². The summed E-state index contributed by atoms with van der Waals surface area (Å²) in [6, 6.07) is 11.7. The van der Waals surface area contributed by atoms with Crippen molar-refractivity contribution in [1.29, 1.82) is 0 Å². The molecule has 0 heterocycles. The highest BCUT2D eigenvalue weighted by atomic mass is 19.1. The molecular formula is C21H22FNO4. The van der Waals surface area contributed by atoms with E-state index in [-0.39, 0.29) is 31.1 Å². The van der Waals surface area contributed by atoms with Gasteiger partial charge in [-0.2, -0.15) is 0 Å². The average molecular weight is 371 g/mol. The van der Waals surface area contributed by atoms with Crippen LogP contribution in [0, 0.1) is 11.2 Å². The van der Waals surface area contributed by atoms with Crippen LogP contribution in [0.15, 0.2) is 42.5 Å². The van der Waals surface area contributed by atoms with Gasteiger partial charge in [0.25, 0.3) is 0 Å². The first-order valence-electron chi connectivity index (χ1n) is 8.85. The molecule has 2 N–H and O–H groups in total. The highest BCUT2D eigenvalue weighted by Crippen LogP contribution is 2.40. The van der Waals surface area contributed by atoms with Gasteiger partial charge in [-0.3, -0.25) is 9.59 Å². The Bertz CT molecular complexity index is 853. The van der Waals surface area contributed by atoms with Crippen LogP contribution < -0.4 is 10.1 Å². The Balaban J connectivity index is 1.72. The fourth-order valence-corrected chi connectivity index (χ4v) is 3.49. The zero-order valence-corrected chi connectivity index (χ0v) is 15.3. The summed E-state index contributed by atoms with van der Waals surface area (Å²) in [5.74, 6) is -1.80. The van der Waals surface area contributed by atoms with E-state index in [9.17, 15) is 19.1 Å². The summed E-state index contributed by atoms with van der Waals surface area (Å²) >= 11 is 0. The van der Waals surface area contributed by atoms with Crippen LogP contribution in [0.2, 0.25) is 0 Å². The first-order chi connectivity index (χ1) is 12.8. The maximum atomic E-state index is 14.2. The van der Waals surface area contributed by atoms with Gasteiger partial charge in [-0.1, -0.05) is 24.3 Å². The molecule has 3 rings (SSSR count). The molecule has 0 fully saturated rings. The van der Waals surface area contributed by atoms with Crippen molar-refractivity contribution >= 4 is 17.6 Å². The lowest BCUT2D eigenvalue weighted by molar-refractivity contribution is -0.150. The lowest BCUT2D eigenvalue weighted by Crippen LogP contribution is -2.36. The predicted molar refractivity (Wildman–Crippen MR) is 99.3 cm³/mol. The second-order valence-electron chi connectivity index (χ2n) is 7.24. The molecule has 0 saturated heterocycles. The number of benzene rings is 2. The summed E-state index contributed by atoms with van der Waals surface area (Å²) in [6.45, 7) is 3.66. The summed E-state index contributed by atoms with van der Waals surface area (Å²) in [6.07, 6.45) is 0.260. The number of rotatable bonds is 6. The van der Waals surface area contributed by atoms with Crippen molar-refractivity contribution in [2.24, 2.45) is 5.41 Å². The third-order valence-electron chi connectivity index (χ3n) is 4.72. The number of carbonyl (C=O) groups excluding carboxylic acids is 1. The smallest absolute Gasteiger partial charge is 0.310 e. The summed E-state index contributed by atoms with van der Waals surface area (Å²) in [7, 11) is 0. The number of amides is 1. The van der Waals surface area contributed by atoms with Crippen molar-refractivity contribution < 1.29 is 23.8 Å². The van der Waals surface area contributed by atoms with Crippen LogP contribution in [0.25, 0.3) is 0 Å². The molecule has 5 nitrogen and oxygen atoms in total. The van der Waals surface area contributed by atoms with Crippen molar-refractivity contribution in [3.05, 3.63) is 59.4 Å². The van der Waals surface area contributed by atoms with Crippen molar-refractivity contribution in [3.63, 3.8) is 0 Å². The summed E-state index contributed by atoms with van der Waals surface area (Å²) in [4.78, 5) is 24.4. The van der Waals surface area contributed by atoms with Crippen molar-refractivity contribution in [2.75, 3.05) is 5.32 Å². The second kappa shape index (κ2) is 7.39. The van der Waals surface area contributed by atoms with Gasteiger partial charge in [0.2, 0.25) is 5.91 Å². The highest BCUT2D eigenvalue weighted by molar-refractivity contribution is 5.95. The van der Waals surface area contributed by atoms with Gasteiger partial charge in [0.1, 0.15) is 11.6 Å². The molecular weight excluding hydrogens is 349 g/mol.